The van der Waals surface area contributed by atoms with E-state index in [4.69, 9.17) is 10.5 Å². The fourth-order valence-corrected chi connectivity index (χ4v) is 2.24. The second-order valence-corrected chi connectivity index (χ2v) is 4.43. The van der Waals surface area contributed by atoms with Gasteiger partial charge in [0.2, 0.25) is 5.75 Å². The van der Waals surface area contributed by atoms with E-state index in [-0.39, 0.29) is 11.3 Å². The van der Waals surface area contributed by atoms with Crippen molar-refractivity contribution in [3.8, 4) is 5.75 Å². The van der Waals surface area contributed by atoms with Crippen molar-refractivity contribution in [3.05, 3.63) is 16.7 Å². The Bertz CT molecular complexity index is 432. The van der Waals surface area contributed by atoms with Crippen LogP contribution in [0.2, 0.25) is 0 Å². The van der Waals surface area contributed by atoms with Crippen LogP contribution < -0.4 is 21.3 Å². The minimum atomic E-state index is -0.270. The van der Waals surface area contributed by atoms with Crippen LogP contribution in [0.15, 0.2) is 11.1 Å². The van der Waals surface area contributed by atoms with E-state index >= 15 is 0 Å². The molecule has 17 heavy (non-hydrogen) atoms. The van der Waals surface area contributed by atoms with E-state index in [0.29, 0.717) is 17.8 Å². The van der Waals surface area contributed by atoms with Crippen molar-refractivity contribution in [1.82, 2.24) is 9.97 Å². The van der Waals surface area contributed by atoms with Gasteiger partial charge in [0.1, 0.15) is 0 Å². The van der Waals surface area contributed by atoms with E-state index in [9.17, 15) is 4.79 Å². The predicted octanol–water partition coefficient (Wildman–Crippen LogP) is 0.318. The molecule has 1 aromatic heterocycles. The molecule has 6 heteroatoms. The molecular weight excluding hydrogens is 220 g/mol. The van der Waals surface area contributed by atoms with Gasteiger partial charge in [0, 0.05) is 12.6 Å². The predicted molar refractivity (Wildman–Crippen MR) is 65.2 cm³/mol. The lowest BCUT2D eigenvalue weighted by Gasteiger charge is -2.12. The lowest BCUT2D eigenvalue weighted by molar-refractivity contribution is 0.407. The molecule has 1 saturated carbocycles. The first-order chi connectivity index (χ1) is 8.20. The van der Waals surface area contributed by atoms with Crippen LogP contribution in [0.5, 0.6) is 5.75 Å². The van der Waals surface area contributed by atoms with Gasteiger partial charge < -0.3 is 20.8 Å². The number of methoxy groups -OCH3 is 1. The van der Waals surface area contributed by atoms with Gasteiger partial charge >= 0.3 is 0 Å². The fraction of sp³-hybridized carbons (Fsp3) is 0.636. The first kappa shape index (κ1) is 11.9. The summed E-state index contributed by atoms with van der Waals surface area (Å²) >= 11 is 0. The van der Waals surface area contributed by atoms with Crippen molar-refractivity contribution in [2.45, 2.75) is 25.3 Å². The zero-order valence-corrected chi connectivity index (χ0v) is 9.90. The molecule has 2 unspecified atom stereocenters. The molecule has 94 valence electrons. The molecule has 1 aliphatic carbocycles. The number of aromatic amines is 1. The van der Waals surface area contributed by atoms with Crippen LogP contribution in [0.1, 0.15) is 19.3 Å². The van der Waals surface area contributed by atoms with E-state index in [2.05, 4.69) is 15.3 Å². The molecule has 1 fully saturated rings. The van der Waals surface area contributed by atoms with E-state index in [1.54, 1.807) is 0 Å². The number of ether oxygens (including phenoxy) is 1. The number of nitrogens with one attached hydrogen (secondary N) is 2. The Hall–Kier alpha value is -1.56. The Kier molecular flexibility index (Phi) is 3.63. The third-order valence-corrected chi connectivity index (χ3v) is 3.15. The summed E-state index contributed by atoms with van der Waals surface area (Å²) in [5, 5.41) is 3.16. The number of nitrogens with zero attached hydrogens (tertiary/aromatic N) is 1. The average Bonchev–Trinajstić information content (AvgIpc) is 2.72. The van der Waals surface area contributed by atoms with E-state index in [1.807, 2.05) is 0 Å². The highest BCUT2D eigenvalue weighted by atomic mass is 16.5. The molecule has 1 heterocycles. The second-order valence-electron chi connectivity index (χ2n) is 4.43. The maximum atomic E-state index is 11.4. The molecule has 0 saturated heterocycles. The molecule has 2 rings (SSSR count). The summed E-state index contributed by atoms with van der Waals surface area (Å²) in [6.07, 6.45) is 4.60. The lowest BCUT2D eigenvalue weighted by Crippen LogP contribution is -2.19. The number of H-pyrrole nitrogens is 1. The number of anilines is 1. The molecule has 0 aliphatic heterocycles. The van der Waals surface area contributed by atoms with Crippen molar-refractivity contribution in [1.29, 1.82) is 0 Å². The molecule has 2 atom stereocenters. The summed E-state index contributed by atoms with van der Waals surface area (Å²) in [6.45, 7) is 0.778. The van der Waals surface area contributed by atoms with Crippen LogP contribution in [0, 0.1) is 5.92 Å². The van der Waals surface area contributed by atoms with Crippen molar-refractivity contribution < 1.29 is 4.74 Å². The number of rotatable bonds is 4. The molecule has 0 bridgehead atoms. The van der Waals surface area contributed by atoms with Gasteiger partial charge in [0.05, 0.1) is 13.4 Å². The molecule has 1 aliphatic rings. The smallest absolute Gasteiger partial charge is 0.295 e. The third-order valence-electron chi connectivity index (χ3n) is 3.15. The maximum Gasteiger partial charge on any atom is 0.295 e. The van der Waals surface area contributed by atoms with Crippen LogP contribution in [-0.2, 0) is 0 Å². The summed E-state index contributed by atoms with van der Waals surface area (Å²) in [4.78, 5) is 18.0. The minimum Gasteiger partial charge on any atom is -0.489 e. The zero-order chi connectivity index (χ0) is 12.3. The zero-order valence-electron chi connectivity index (χ0n) is 9.90. The number of hydrogen-bond acceptors (Lipinski definition) is 5. The van der Waals surface area contributed by atoms with Crippen LogP contribution in [0.4, 0.5) is 5.82 Å². The summed E-state index contributed by atoms with van der Waals surface area (Å²) in [5.74, 6) is 1.28. The highest BCUT2D eigenvalue weighted by Crippen LogP contribution is 2.25. The summed E-state index contributed by atoms with van der Waals surface area (Å²) < 4.78 is 5.02. The van der Waals surface area contributed by atoms with Gasteiger partial charge in [-0.2, -0.15) is 0 Å². The Morgan fingerprint density at radius 3 is 3.12 bits per heavy atom. The summed E-state index contributed by atoms with van der Waals surface area (Å²) in [6, 6.07) is 0.316. The Balaban J connectivity index is 1.99. The van der Waals surface area contributed by atoms with Gasteiger partial charge in [-0.15, -0.1) is 0 Å². The highest BCUT2D eigenvalue weighted by molar-refractivity contribution is 5.47. The second kappa shape index (κ2) is 5.18. The van der Waals surface area contributed by atoms with Gasteiger partial charge in [0.15, 0.2) is 5.82 Å². The molecule has 4 N–H and O–H groups in total. The van der Waals surface area contributed by atoms with E-state index in [1.165, 1.54) is 13.4 Å². The standard InChI is InChI=1S/C11H18N4O2/c1-17-9-10(14-6-15-11(9)16)13-5-7-2-3-8(12)4-7/h6-8H,2-5,12H2,1H3,(H2,13,14,15,16). The molecule has 0 radical (unpaired) electrons. The van der Waals surface area contributed by atoms with Crippen molar-refractivity contribution in [3.63, 3.8) is 0 Å². The van der Waals surface area contributed by atoms with Gasteiger partial charge in [-0.1, -0.05) is 0 Å². The largest absolute Gasteiger partial charge is 0.489 e. The van der Waals surface area contributed by atoms with E-state index < -0.39 is 0 Å². The first-order valence-electron chi connectivity index (χ1n) is 5.82. The summed E-state index contributed by atoms with van der Waals surface area (Å²) in [5.41, 5.74) is 5.58. The van der Waals surface area contributed by atoms with Crippen molar-refractivity contribution in [2.75, 3.05) is 19.0 Å². The molecule has 6 nitrogen and oxygen atoms in total. The molecule has 1 aromatic rings. The Labute approximate surface area is 99.6 Å². The average molecular weight is 238 g/mol. The summed E-state index contributed by atoms with van der Waals surface area (Å²) in [7, 11) is 1.46. The first-order valence-corrected chi connectivity index (χ1v) is 5.82. The van der Waals surface area contributed by atoms with Crippen LogP contribution in [0.25, 0.3) is 0 Å². The van der Waals surface area contributed by atoms with Crippen molar-refractivity contribution in [2.24, 2.45) is 11.7 Å². The quantitative estimate of drug-likeness (QED) is 0.702. The monoisotopic (exact) mass is 238 g/mol. The molecule has 0 amide bonds. The minimum absolute atomic E-state index is 0.231. The van der Waals surface area contributed by atoms with Crippen LogP contribution >= 0.6 is 0 Å². The number of nitrogens with two attached hydrogens (primary N) is 1. The maximum absolute atomic E-state index is 11.4. The molecule has 0 aromatic carbocycles. The fourth-order valence-electron chi connectivity index (χ4n) is 2.24. The third kappa shape index (κ3) is 2.76. The number of aromatic nitrogens is 2. The van der Waals surface area contributed by atoms with Crippen LogP contribution in [0.3, 0.4) is 0 Å². The van der Waals surface area contributed by atoms with Crippen LogP contribution in [-0.4, -0.2) is 29.7 Å². The Morgan fingerprint density at radius 1 is 1.65 bits per heavy atom. The van der Waals surface area contributed by atoms with E-state index in [0.717, 1.165) is 25.8 Å². The topological polar surface area (TPSA) is 93.0 Å². The van der Waals surface area contributed by atoms with Gasteiger partial charge in [-0.25, -0.2) is 4.98 Å². The molecular formula is C11H18N4O2. The number of hydrogen-bond donors (Lipinski definition) is 3. The normalized spacial score (nSPS) is 23.6. The van der Waals surface area contributed by atoms with Crippen molar-refractivity contribution >= 4 is 5.82 Å². The highest BCUT2D eigenvalue weighted by Gasteiger charge is 2.22. The van der Waals surface area contributed by atoms with Gasteiger partial charge in [0.25, 0.3) is 5.56 Å². The Morgan fingerprint density at radius 2 is 2.47 bits per heavy atom. The lowest BCUT2D eigenvalue weighted by atomic mass is 10.1. The molecule has 0 spiro atoms. The van der Waals surface area contributed by atoms with Gasteiger partial charge in [-0.05, 0) is 25.2 Å². The van der Waals surface area contributed by atoms with Gasteiger partial charge in [-0.3, -0.25) is 4.79 Å². The SMILES string of the molecule is COc1c(NCC2CCC(N)C2)nc[nH]c1=O.